The molecule has 1 aliphatic rings. The number of hydrogen-bond acceptors (Lipinski definition) is 5. The Morgan fingerprint density at radius 2 is 1.81 bits per heavy atom. The predicted molar refractivity (Wildman–Crippen MR) is 113 cm³/mol. The third-order valence-electron chi connectivity index (χ3n) is 5.04. The molecular formula is C20H24ClN5S. The van der Waals surface area contributed by atoms with Gasteiger partial charge in [-0.05, 0) is 24.7 Å². The van der Waals surface area contributed by atoms with Gasteiger partial charge in [0.05, 0.1) is 23.5 Å². The summed E-state index contributed by atoms with van der Waals surface area (Å²) in [5.41, 5.74) is 1.96. The highest BCUT2D eigenvalue weighted by Crippen LogP contribution is 2.30. The van der Waals surface area contributed by atoms with Crippen LogP contribution in [-0.4, -0.2) is 39.1 Å². The minimum Gasteiger partial charge on any atom is -0.356 e. The van der Waals surface area contributed by atoms with Gasteiger partial charge < -0.3 is 4.90 Å². The second-order valence-electron chi connectivity index (χ2n) is 6.88. The van der Waals surface area contributed by atoms with Gasteiger partial charge in [0.2, 0.25) is 0 Å². The fraction of sp³-hybridized carbons (Fsp3) is 0.450. The van der Waals surface area contributed by atoms with Crippen LogP contribution in [0.3, 0.4) is 0 Å². The molecule has 1 aliphatic heterocycles. The molecule has 0 aliphatic carbocycles. The van der Waals surface area contributed by atoms with Crippen LogP contribution < -0.4 is 4.90 Å². The summed E-state index contributed by atoms with van der Waals surface area (Å²) in [5.74, 6) is 1.02. The summed E-state index contributed by atoms with van der Waals surface area (Å²) < 4.78 is 1.92. The third kappa shape index (κ3) is 4.06. The Hall–Kier alpha value is -1.79. The van der Waals surface area contributed by atoms with E-state index in [0.29, 0.717) is 6.54 Å². The molecule has 4 rings (SSSR count). The van der Waals surface area contributed by atoms with Gasteiger partial charge in [0, 0.05) is 13.1 Å². The summed E-state index contributed by atoms with van der Waals surface area (Å²) in [6, 6.07) is 10.1. The lowest BCUT2D eigenvalue weighted by molar-refractivity contribution is 0.613. The Balaban J connectivity index is 1.69. The van der Waals surface area contributed by atoms with Crippen LogP contribution in [0.5, 0.6) is 0 Å². The van der Waals surface area contributed by atoms with Crippen molar-refractivity contribution in [1.82, 2.24) is 19.7 Å². The van der Waals surface area contributed by atoms with Gasteiger partial charge in [0.25, 0.3) is 0 Å². The van der Waals surface area contributed by atoms with E-state index in [4.69, 9.17) is 21.6 Å². The largest absolute Gasteiger partial charge is 0.356 e. The van der Waals surface area contributed by atoms with E-state index in [1.807, 2.05) is 47.5 Å². The van der Waals surface area contributed by atoms with E-state index in [1.54, 1.807) is 11.8 Å². The van der Waals surface area contributed by atoms with Crippen LogP contribution in [0, 0.1) is 0 Å². The SMILES string of the molecule is CSc1nc(N2CCCCCC2)c2cnn(CC(Cl)c3ccccc3)c2n1. The number of benzene rings is 1. The van der Waals surface area contributed by atoms with Crippen LogP contribution in [0.15, 0.2) is 41.7 Å². The third-order valence-corrected chi connectivity index (χ3v) is 5.98. The van der Waals surface area contributed by atoms with E-state index in [1.165, 1.54) is 25.7 Å². The standard InChI is InChI=1S/C20H24ClN5S/c1-27-20-23-18(25-11-7-2-3-8-12-25)16-13-22-26(19(16)24-20)14-17(21)15-9-5-4-6-10-15/h4-6,9-10,13,17H,2-3,7-8,11-12,14H2,1H3. The second-order valence-corrected chi connectivity index (χ2v) is 8.18. The minimum atomic E-state index is -0.149. The Morgan fingerprint density at radius 3 is 2.52 bits per heavy atom. The van der Waals surface area contributed by atoms with Gasteiger partial charge in [-0.25, -0.2) is 14.6 Å². The Bertz CT molecular complexity index is 890. The van der Waals surface area contributed by atoms with Gasteiger partial charge in [-0.15, -0.1) is 11.6 Å². The average molecular weight is 402 g/mol. The van der Waals surface area contributed by atoms with Crippen molar-refractivity contribution in [2.75, 3.05) is 24.2 Å². The molecule has 0 amide bonds. The van der Waals surface area contributed by atoms with Gasteiger partial charge in [-0.1, -0.05) is 54.9 Å². The molecule has 3 aromatic rings. The summed E-state index contributed by atoms with van der Waals surface area (Å²) in [5, 5.41) is 6.27. The summed E-state index contributed by atoms with van der Waals surface area (Å²) in [4.78, 5) is 12.0. The van der Waals surface area contributed by atoms with Gasteiger partial charge in [-0.2, -0.15) is 5.10 Å². The molecule has 0 saturated carbocycles. The number of anilines is 1. The lowest BCUT2D eigenvalue weighted by Gasteiger charge is -2.22. The highest BCUT2D eigenvalue weighted by atomic mass is 35.5. The molecule has 2 aromatic heterocycles. The van der Waals surface area contributed by atoms with Crippen LogP contribution in [0.25, 0.3) is 11.0 Å². The zero-order valence-electron chi connectivity index (χ0n) is 15.5. The highest BCUT2D eigenvalue weighted by molar-refractivity contribution is 7.98. The summed E-state index contributed by atoms with van der Waals surface area (Å²) >= 11 is 8.23. The summed E-state index contributed by atoms with van der Waals surface area (Å²) in [7, 11) is 0. The van der Waals surface area contributed by atoms with Crippen molar-refractivity contribution in [3.05, 3.63) is 42.1 Å². The highest BCUT2D eigenvalue weighted by Gasteiger charge is 2.20. The molecule has 5 nitrogen and oxygen atoms in total. The Morgan fingerprint density at radius 1 is 1.07 bits per heavy atom. The molecule has 0 N–H and O–H groups in total. The van der Waals surface area contributed by atoms with Crippen molar-refractivity contribution in [2.24, 2.45) is 0 Å². The van der Waals surface area contributed by atoms with E-state index in [-0.39, 0.29) is 5.38 Å². The summed E-state index contributed by atoms with van der Waals surface area (Å²) in [6.45, 7) is 2.68. The van der Waals surface area contributed by atoms with Crippen LogP contribution in [0.2, 0.25) is 0 Å². The van der Waals surface area contributed by atoms with Crippen molar-refractivity contribution in [1.29, 1.82) is 0 Å². The van der Waals surface area contributed by atoms with Crippen LogP contribution in [0.4, 0.5) is 5.82 Å². The number of alkyl halides is 1. The fourth-order valence-corrected chi connectivity index (χ4v) is 4.22. The zero-order valence-corrected chi connectivity index (χ0v) is 17.1. The van der Waals surface area contributed by atoms with E-state index in [0.717, 1.165) is 40.7 Å². The van der Waals surface area contributed by atoms with E-state index in [9.17, 15) is 0 Å². The fourth-order valence-electron chi connectivity index (χ4n) is 3.59. The molecule has 1 fully saturated rings. The molecule has 1 aromatic carbocycles. The quantitative estimate of drug-likeness (QED) is 0.345. The zero-order chi connectivity index (χ0) is 18.6. The number of thioether (sulfide) groups is 1. The lowest BCUT2D eigenvalue weighted by Crippen LogP contribution is -2.25. The maximum absolute atomic E-state index is 6.66. The van der Waals surface area contributed by atoms with Crippen LogP contribution in [0.1, 0.15) is 36.6 Å². The van der Waals surface area contributed by atoms with Crippen LogP contribution >= 0.6 is 23.4 Å². The summed E-state index contributed by atoms with van der Waals surface area (Å²) in [6.07, 6.45) is 8.93. The normalized spacial score (nSPS) is 16.4. The smallest absolute Gasteiger partial charge is 0.191 e. The second kappa shape index (κ2) is 8.48. The molecule has 1 atom stereocenters. The first-order chi connectivity index (χ1) is 13.3. The molecule has 27 heavy (non-hydrogen) atoms. The Labute approximate surface area is 169 Å². The maximum atomic E-state index is 6.66. The average Bonchev–Trinajstić information content (AvgIpc) is 2.93. The lowest BCUT2D eigenvalue weighted by atomic mass is 10.1. The van der Waals surface area contributed by atoms with E-state index >= 15 is 0 Å². The number of nitrogens with zero attached hydrogens (tertiary/aromatic N) is 5. The number of hydrogen-bond donors (Lipinski definition) is 0. The van der Waals surface area contributed by atoms with Crippen molar-refractivity contribution < 1.29 is 0 Å². The molecule has 0 spiro atoms. The van der Waals surface area contributed by atoms with Crippen molar-refractivity contribution >= 4 is 40.2 Å². The topological polar surface area (TPSA) is 46.8 Å². The van der Waals surface area contributed by atoms with Crippen LogP contribution in [-0.2, 0) is 6.54 Å². The van der Waals surface area contributed by atoms with Crippen molar-refractivity contribution in [3.63, 3.8) is 0 Å². The molecule has 3 heterocycles. The predicted octanol–water partition coefficient (Wildman–Crippen LogP) is 4.91. The number of halogens is 1. The van der Waals surface area contributed by atoms with Gasteiger partial charge in [0.1, 0.15) is 5.82 Å². The first kappa shape index (κ1) is 18.6. The maximum Gasteiger partial charge on any atom is 0.191 e. The number of aromatic nitrogens is 4. The first-order valence-electron chi connectivity index (χ1n) is 9.48. The molecule has 0 radical (unpaired) electrons. The monoisotopic (exact) mass is 401 g/mol. The van der Waals surface area contributed by atoms with E-state index in [2.05, 4.69) is 10.00 Å². The van der Waals surface area contributed by atoms with Crippen molar-refractivity contribution in [3.8, 4) is 0 Å². The van der Waals surface area contributed by atoms with Gasteiger partial charge in [0.15, 0.2) is 10.8 Å². The van der Waals surface area contributed by atoms with Gasteiger partial charge in [-0.3, -0.25) is 0 Å². The molecular weight excluding hydrogens is 378 g/mol. The molecule has 1 unspecified atom stereocenters. The molecule has 1 saturated heterocycles. The number of fused-ring (bicyclic) bond motifs is 1. The first-order valence-corrected chi connectivity index (χ1v) is 11.1. The minimum absolute atomic E-state index is 0.149. The molecule has 7 heteroatoms. The van der Waals surface area contributed by atoms with Crippen molar-refractivity contribution in [2.45, 2.75) is 42.8 Å². The Kier molecular flexibility index (Phi) is 5.83. The molecule has 142 valence electrons. The van der Waals surface area contributed by atoms with Gasteiger partial charge >= 0.3 is 0 Å². The van der Waals surface area contributed by atoms with E-state index < -0.39 is 0 Å². The number of rotatable bonds is 5. The molecule has 0 bridgehead atoms.